The Morgan fingerprint density at radius 3 is 2.84 bits per heavy atom. The van der Waals surface area contributed by atoms with Crippen LogP contribution in [0.3, 0.4) is 0 Å². The van der Waals surface area contributed by atoms with E-state index in [1.807, 2.05) is 26.0 Å². The van der Waals surface area contributed by atoms with Crippen LogP contribution in [0.1, 0.15) is 47.0 Å². The molecule has 0 amide bonds. The van der Waals surface area contributed by atoms with Crippen molar-refractivity contribution in [1.82, 2.24) is 0 Å². The molecule has 0 aromatic heterocycles. The third-order valence-electron chi connectivity index (χ3n) is 5.11. The Hall–Kier alpha value is -1.88. The molecule has 1 aliphatic carbocycles. The Bertz CT molecular complexity index is 612. The highest BCUT2D eigenvalue weighted by molar-refractivity contribution is 5.87. The number of aliphatic hydroxyl groups excluding tert-OH is 1. The van der Waals surface area contributed by atoms with E-state index in [-0.39, 0.29) is 24.4 Å². The van der Waals surface area contributed by atoms with Gasteiger partial charge in [-0.2, -0.15) is 0 Å². The van der Waals surface area contributed by atoms with Crippen molar-refractivity contribution in [2.24, 2.45) is 11.8 Å². The van der Waals surface area contributed by atoms with Crippen molar-refractivity contribution in [1.29, 1.82) is 0 Å². The average Bonchev–Trinajstić information content (AvgIpc) is 2.85. The first-order valence-electron chi connectivity index (χ1n) is 8.87. The molecule has 0 aromatic carbocycles. The summed E-state index contributed by atoms with van der Waals surface area (Å²) in [6, 6.07) is 0. The summed E-state index contributed by atoms with van der Waals surface area (Å²) in [7, 11) is 0. The number of carbonyl (C=O) groups is 2. The molecule has 1 aliphatic heterocycles. The summed E-state index contributed by atoms with van der Waals surface area (Å²) >= 11 is 0. The highest BCUT2D eigenvalue weighted by Gasteiger charge is 2.47. The van der Waals surface area contributed by atoms with E-state index in [9.17, 15) is 14.7 Å². The third kappa shape index (κ3) is 4.60. The molecule has 2 rings (SSSR count). The number of carbonyl (C=O) groups excluding carboxylic acids is 2. The maximum atomic E-state index is 12.3. The molecular weight excluding hydrogens is 320 g/mol. The quantitative estimate of drug-likeness (QED) is 0.482. The standard InChI is InChI=1S/C20H28O5/c1-5-13(3)19(22)24-17-10-15(11-21)8-6-7-12(2)9-16-18(17)14(4)20(23)25-16/h5,8-9,14,16-18,21H,6-7,10-11H2,1-4H3/b12-9+,13-5+,15-8-/t14-,16+,17+,18-/m0/s1. The lowest BCUT2D eigenvalue weighted by Gasteiger charge is -2.29. The summed E-state index contributed by atoms with van der Waals surface area (Å²) in [5, 5.41) is 9.67. The molecule has 0 radical (unpaired) electrons. The highest BCUT2D eigenvalue weighted by atomic mass is 16.6. The smallest absolute Gasteiger partial charge is 0.333 e. The van der Waals surface area contributed by atoms with Gasteiger partial charge < -0.3 is 14.6 Å². The number of rotatable bonds is 3. The van der Waals surface area contributed by atoms with Gasteiger partial charge in [0.25, 0.3) is 0 Å². The van der Waals surface area contributed by atoms with Crippen LogP contribution in [0, 0.1) is 11.8 Å². The zero-order valence-corrected chi connectivity index (χ0v) is 15.5. The zero-order valence-electron chi connectivity index (χ0n) is 15.5. The molecule has 4 atom stereocenters. The number of fused-ring (bicyclic) bond motifs is 1. The molecule has 0 bridgehead atoms. The van der Waals surface area contributed by atoms with Crippen LogP contribution >= 0.6 is 0 Å². The summed E-state index contributed by atoms with van der Waals surface area (Å²) in [5.74, 6) is -1.29. The van der Waals surface area contributed by atoms with Crippen LogP contribution in [0.2, 0.25) is 0 Å². The topological polar surface area (TPSA) is 72.8 Å². The first-order chi connectivity index (χ1) is 11.9. The fourth-order valence-electron chi connectivity index (χ4n) is 3.38. The molecule has 0 saturated carbocycles. The van der Waals surface area contributed by atoms with E-state index in [0.717, 1.165) is 24.0 Å². The predicted octanol–water partition coefficient (Wildman–Crippen LogP) is 3.09. The lowest BCUT2D eigenvalue weighted by atomic mass is 9.82. The largest absolute Gasteiger partial charge is 0.458 e. The predicted molar refractivity (Wildman–Crippen MR) is 94.6 cm³/mol. The maximum Gasteiger partial charge on any atom is 0.333 e. The molecular formula is C20H28O5. The van der Waals surface area contributed by atoms with Crippen LogP contribution < -0.4 is 0 Å². The Kier molecular flexibility index (Phi) is 6.59. The van der Waals surface area contributed by atoms with E-state index in [1.54, 1.807) is 19.9 Å². The van der Waals surface area contributed by atoms with Gasteiger partial charge in [-0.25, -0.2) is 4.79 Å². The number of hydrogen-bond donors (Lipinski definition) is 1. The lowest BCUT2D eigenvalue weighted by Crippen LogP contribution is -2.36. The van der Waals surface area contributed by atoms with Gasteiger partial charge in [0, 0.05) is 12.0 Å². The monoisotopic (exact) mass is 348 g/mol. The fourth-order valence-corrected chi connectivity index (χ4v) is 3.38. The van der Waals surface area contributed by atoms with Gasteiger partial charge in [0.05, 0.1) is 18.4 Å². The summed E-state index contributed by atoms with van der Waals surface area (Å²) in [6.45, 7) is 7.22. The van der Waals surface area contributed by atoms with E-state index >= 15 is 0 Å². The zero-order chi connectivity index (χ0) is 18.6. The minimum Gasteiger partial charge on any atom is -0.458 e. The van der Waals surface area contributed by atoms with Crippen molar-refractivity contribution in [3.63, 3.8) is 0 Å². The molecule has 0 unspecified atom stereocenters. The van der Waals surface area contributed by atoms with Gasteiger partial charge in [-0.1, -0.05) is 24.6 Å². The van der Waals surface area contributed by atoms with Crippen LogP contribution in [0.15, 0.2) is 34.9 Å². The molecule has 2 aliphatic rings. The summed E-state index contributed by atoms with van der Waals surface area (Å²) < 4.78 is 11.3. The Balaban J connectivity index is 2.39. The number of allylic oxidation sites excluding steroid dienone is 3. The summed E-state index contributed by atoms with van der Waals surface area (Å²) in [5.41, 5.74) is 2.48. The SMILES string of the molecule is C/C=C(\C)C(=O)O[C@@H]1C/C(CO)=C/CC/C(C)=C/[C@H]2OC(=O)[C@@H](C)[C@@H]21. The van der Waals surface area contributed by atoms with E-state index in [2.05, 4.69) is 0 Å². The molecule has 5 nitrogen and oxygen atoms in total. The van der Waals surface area contributed by atoms with Gasteiger partial charge in [0.15, 0.2) is 0 Å². The van der Waals surface area contributed by atoms with E-state index < -0.39 is 18.2 Å². The van der Waals surface area contributed by atoms with Gasteiger partial charge in [-0.05, 0) is 45.3 Å². The van der Waals surface area contributed by atoms with Crippen LogP contribution in [0.25, 0.3) is 0 Å². The molecule has 1 saturated heterocycles. The Morgan fingerprint density at radius 2 is 2.20 bits per heavy atom. The average molecular weight is 348 g/mol. The fraction of sp³-hybridized carbons (Fsp3) is 0.600. The molecule has 1 fully saturated rings. The molecule has 1 heterocycles. The number of aliphatic hydroxyl groups is 1. The number of esters is 2. The van der Waals surface area contributed by atoms with E-state index in [4.69, 9.17) is 9.47 Å². The Labute approximate surface area is 149 Å². The van der Waals surface area contributed by atoms with Crippen molar-refractivity contribution >= 4 is 11.9 Å². The number of ether oxygens (including phenoxy) is 2. The van der Waals surface area contributed by atoms with E-state index in [0.29, 0.717) is 12.0 Å². The molecule has 25 heavy (non-hydrogen) atoms. The second-order valence-corrected chi connectivity index (χ2v) is 6.96. The molecule has 0 spiro atoms. The van der Waals surface area contributed by atoms with Crippen LogP contribution in [-0.2, 0) is 19.1 Å². The van der Waals surface area contributed by atoms with Gasteiger partial charge in [-0.15, -0.1) is 0 Å². The van der Waals surface area contributed by atoms with Crippen LogP contribution in [-0.4, -0.2) is 35.9 Å². The van der Waals surface area contributed by atoms with Crippen molar-refractivity contribution < 1.29 is 24.2 Å². The summed E-state index contributed by atoms with van der Waals surface area (Å²) in [6.07, 6.45) is 6.82. The van der Waals surface area contributed by atoms with Crippen molar-refractivity contribution in [2.75, 3.05) is 6.61 Å². The van der Waals surface area contributed by atoms with Crippen LogP contribution in [0.5, 0.6) is 0 Å². The van der Waals surface area contributed by atoms with Crippen molar-refractivity contribution in [3.05, 3.63) is 34.9 Å². The Morgan fingerprint density at radius 1 is 1.48 bits per heavy atom. The first-order valence-corrected chi connectivity index (χ1v) is 8.87. The normalized spacial score (nSPS) is 34.9. The summed E-state index contributed by atoms with van der Waals surface area (Å²) in [4.78, 5) is 24.5. The van der Waals surface area contributed by atoms with E-state index in [1.165, 1.54) is 0 Å². The minimum atomic E-state index is -0.519. The molecule has 138 valence electrons. The maximum absolute atomic E-state index is 12.3. The third-order valence-corrected chi connectivity index (χ3v) is 5.11. The minimum absolute atomic E-state index is 0.0834. The second kappa shape index (κ2) is 8.48. The molecule has 1 N–H and O–H groups in total. The van der Waals surface area contributed by atoms with Gasteiger partial charge in [0.2, 0.25) is 0 Å². The van der Waals surface area contributed by atoms with Gasteiger partial charge in [0.1, 0.15) is 12.2 Å². The second-order valence-electron chi connectivity index (χ2n) is 6.96. The molecule has 0 aromatic rings. The lowest BCUT2D eigenvalue weighted by molar-refractivity contribution is -0.148. The number of hydrogen-bond acceptors (Lipinski definition) is 5. The molecule has 5 heteroatoms. The highest BCUT2D eigenvalue weighted by Crippen LogP contribution is 2.37. The first kappa shape index (κ1) is 19.4. The van der Waals surface area contributed by atoms with Crippen molar-refractivity contribution in [3.8, 4) is 0 Å². The van der Waals surface area contributed by atoms with Gasteiger partial charge >= 0.3 is 11.9 Å². The van der Waals surface area contributed by atoms with Crippen molar-refractivity contribution in [2.45, 2.75) is 59.2 Å². The van der Waals surface area contributed by atoms with Gasteiger partial charge in [-0.3, -0.25) is 4.79 Å². The van der Waals surface area contributed by atoms with Crippen LogP contribution in [0.4, 0.5) is 0 Å².